The molecule has 0 fully saturated rings. The van der Waals surface area contributed by atoms with Crippen molar-refractivity contribution in [2.75, 3.05) is 19.7 Å². The maximum Gasteiger partial charge on any atom is 0.258 e. The van der Waals surface area contributed by atoms with Gasteiger partial charge < -0.3 is 15.4 Å². The van der Waals surface area contributed by atoms with E-state index in [9.17, 15) is 9.59 Å². The number of hydrogen-bond acceptors (Lipinski definition) is 3. The molecule has 0 saturated carbocycles. The highest BCUT2D eigenvalue weighted by Gasteiger charge is 2.11. The van der Waals surface area contributed by atoms with E-state index in [0.717, 1.165) is 18.6 Å². The van der Waals surface area contributed by atoms with Gasteiger partial charge in [0.15, 0.2) is 6.61 Å². The first kappa shape index (κ1) is 14.4. The van der Waals surface area contributed by atoms with Gasteiger partial charge in [-0.3, -0.25) is 9.59 Å². The highest BCUT2D eigenvalue weighted by Crippen LogP contribution is 2.25. The van der Waals surface area contributed by atoms with Gasteiger partial charge in [-0.1, -0.05) is 6.07 Å². The van der Waals surface area contributed by atoms with Crippen LogP contribution in [0.25, 0.3) is 0 Å². The minimum Gasteiger partial charge on any atom is -0.484 e. The molecule has 0 bridgehead atoms. The van der Waals surface area contributed by atoms with Crippen LogP contribution in [0.5, 0.6) is 5.75 Å². The maximum atomic E-state index is 11.5. The van der Waals surface area contributed by atoms with Crippen molar-refractivity contribution in [3.63, 3.8) is 0 Å². The Morgan fingerprint density at radius 2 is 1.90 bits per heavy atom. The monoisotopic (exact) mass is 276 g/mol. The summed E-state index contributed by atoms with van der Waals surface area (Å²) in [6.07, 6.45) is 3.43. The van der Waals surface area contributed by atoms with Gasteiger partial charge in [0.25, 0.3) is 5.91 Å². The van der Waals surface area contributed by atoms with Crippen LogP contribution in [0.1, 0.15) is 24.5 Å². The average Bonchev–Trinajstić information content (AvgIpc) is 2.88. The zero-order valence-corrected chi connectivity index (χ0v) is 11.7. The summed E-state index contributed by atoms with van der Waals surface area (Å²) in [6, 6.07) is 6.01. The molecular weight excluding hydrogens is 256 g/mol. The summed E-state index contributed by atoms with van der Waals surface area (Å²) in [5, 5.41) is 5.29. The largest absolute Gasteiger partial charge is 0.484 e. The van der Waals surface area contributed by atoms with Crippen LogP contribution in [-0.2, 0) is 22.4 Å². The molecule has 0 radical (unpaired) electrons. The van der Waals surface area contributed by atoms with E-state index < -0.39 is 0 Å². The number of ether oxygens (including phenoxy) is 1. The first-order valence-electron chi connectivity index (χ1n) is 6.91. The highest BCUT2D eigenvalue weighted by atomic mass is 16.5. The summed E-state index contributed by atoms with van der Waals surface area (Å²) in [6.45, 7) is 2.28. The highest BCUT2D eigenvalue weighted by molar-refractivity contribution is 5.77. The zero-order chi connectivity index (χ0) is 14.4. The number of carbonyl (C=O) groups is 2. The molecule has 0 spiro atoms. The fourth-order valence-corrected chi connectivity index (χ4v) is 2.28. The lowest BCUT2D eigenvalue weighted by Gasteiger charge is -2.09. The molecular formula is C15H20N2O3. The zero-order valence-electron chi connectivity index (χ0n) is 11.7. The first-order valence-corrected chi connectivity index (χ1v) is 6.91. The number of fused-ring (bicyclic) bond motifs is 1. The molecule has 2 rings (SSSR count). The number of carbonyl (C=O) groups excluding carboxylic acids is 2. The number of aryl methyl sites for hydroxylation is 2. The standard InChI is InChI=1S/C15H20N2O3/c1-11(18)16-7-8-17-15(19)10-20-14-6-5-12-3-2-4-13(12)9-14/h5-6,9H,2-4,7-8,10H2,1H3,(H,16,18)(H,17,19). The Morgan fingerprint density at radius 3 is 2.70 bits per heavy atom. The van der Waals surface area contributed by atoms with Crippen LogP contribution < -0.4 is 15.4 Å². The molecule has 2 N–H and O–H groups in total. The predicted molar refractivity (Wildman–Crippen MR) is 75.7 cm³/mol. The molecule has 0 unspecified atom stereocenters. The van der Waals surface area contributed by atoms with Gasteiger partial charge in [0.05, 0.1) is 0 Å². The lowest BCUT2D eigenvalue weighted by molar-refractivity contribution is -0.123. The Bertz CT molecular complexity index is 500. The van der Waals surface area contributed by atoms with Crippen molar-refractivity contribution in [2.24, 2.45) is 0 Å². The second-order valence-electron chi connectivity index (χ2n) is 4.91. The minimum absolute atomic E-state index is 0.00113. The third-order valence-electron chi connectivity index (χ3n) is 3.26. The van der Waals surface area contributed by atoms with Gasteiger partial charge in [-0.2, -0.15) is 0 Å². The van der Waals surface area contributed by atoms with Crippen LogP contribution in [0.3, 0.4) is 0 Å². The van der Waals surface area contributed by atoms with E-state index in [-0.39, 0.29) is 18.4 Å². The maximum absolute atomic E-state index is 11.5. The van der Waals surface area contributed by atoms with E-state index in [4.69, 9.17) is 4.74 Å². The fraction of sp³-hybridized carbons (Fsp3) is 0.467. The van der Waals surface area contributed by atoms with Crippen molar-refractivity contribution in [1.82, 2.24) is 10.6 Å². The Labute approximate surface area is 118 Å². The van der Waals surface area contributed by atoms with Crippen molar-refractivity contribution in [1.29, 1.82) is 0 Å². The van der Waals surface area contributed by atoms with E-state index in [2.05, 4.69) is 16.7 Å². The summed E-state index contributed by atoms with van der Waals surface area (Å²) in [5.41, 5.74) is 2.71. The Morgan fingerprint density at radius 1 is 1.15 bits per heavy atom. The molecule has 0 aliphatic heterocycles. The molecule has 2 amide bonds. The quantitative estimate of drug-likeness (QED) is 0.755. The Balaban J connectivity index is 1.69. The molecule has 1 aliphatic rings. The van der Waals surface area contributed by atoms with Crippen molar-refractivity contribution >= 4 is 11.8 Å². The molecule has 5 heteroatoms. The summed E-state index contributed by atoms with van der Waals surface area (Å²) < 4.78 is 5.47. The Hall–Kier alpha value is -2.04. The van der Waals surface area contributed by atoms with E-state index in [1.807, 2.05) is 12.1 Å². The van der Waals surface area contributed by atoms with Gasteiger partial charge in [-0.25, -0.2) is 0 Å². The van der Waals surface area contributed by atoms with Crippen LogP contribution in [0.4, 0.5) is 0 Å². The molecule has 1 aromatic rings. The van der Waals surface area contributed by atoms with Crippen LogP contribution in [-0.4, -0.2) is 31.5 Å². The number of benzene rings is 1. The van der Waals surface area contributed by atoms with E-state index in [1.165, 1.54) is 24.5 Å². The van der Waals surface area contributed by atoms with Crippen LogP contribution >= 0.6 is 0 Å². The molecule has 0 saturated heterocycles. The van der Waals surface area contributed by atoms with Crippen LogP contribution in [0.15, 0.2) is 18.2 Å². The number of nitrogens with one attached hydrogen (secondary N) is 2. The van der Waals surface area contributed by atoms with Gasteiger partial charge in [0, 0.05) is 20.0 Å². The minimum atomic E-state index is -0.184. The molecule has 0 heterocycles. The van der Waals surface area contributed by atoms with Crippen LogP contribution in [0.2, 0.25) is 0 Å². The van der Waals surface area contributed by atoms with Gasteiger partial charge in [0.1, 0.15) is 5.75 Å². The molecule has 20 heavy (non-hydrogen) atoms. The second kappa shape index (κ2) is 6.93. The third-order valence-corrected chi connectivity index (χ3v) is 3.26. The van der Waals surface area contributed by atoms with E-state index >= 15 is 0 Å². The van der Waals surface area contributed by atoms with Crippen molar-refractivity contribution in [3.8, 4) is 5.75 Å². The third kappa shape index (κ3) is 4.26. The second-order valence-corrected chi connectivity index (χ2v) is 4.91. The SMILES string of the molecule is CC(=O)NCCNC(=O)COc1ccc2c(c1)CCC2. The van der Waals surface area contributed by atoms with Crippen molar-refractivity contribution < 1.29 is 14.3 Å². The van der Waals surface area contributed by atoms with E-state index in [0.29, 0.717) is 13.1 Å². The molecule has 1 aliphatic carbocycles. The topological polar surface area (TPSA) is 67.4 Å². The number of rotatable bonds is 6. The predicted octanol–water partition coefficient (Wildman–Crippen LogP) is 0.806. The van der Waals surface area contributed by atoms with E-state index in [1.54, 1.807) is 0 Å². The van der Waals surface area contributed by atoms with Crippen molar-refractivity contribution in [3.05, 3.63) is 29.3 Å². The molecule has 108 valence electrons. The lowest BCUT2D eigenvalue weighted by Crippen LogP contribution is -2.36. The smallest absolute Gasteiger partial charge is 0.258 e. The van der Waals surface area contributed by atoms with Gasteiger partial charge in [-0.15, -0.1) is 0 Å². The molecule has 0 aromatic heterocycles. The molecule has 5 nitrogen and oxygen atoms in total. The van der Waals surface area contributed by atoms with Gasteiger partial charge >= 0.3 is 0 Å². The summed E-state index contributed by atoms with van der Waals surface area (Å²) in [5.74, 6) is 0.451. The molecule has 1 aromatic carbocycles. The first-order chi connectivity index (χ1) is 9.65. The normalized spacial score (nSPS) is 12.7. The van der Waals surface area contributed by atoms with Gasteiger partial charge in [0.2, 0.25) is 5.91 Å². The van der Waals surface area contributed by atoms with Crippen molar-refractivity contribution in [2.45, 2.75) is 26.2 Å². The van der Waals surface area contributed by atoms with Gasteiger partial charge in [-0.05, 0) is 42.5 Å². The summed E-state index contributed by atoms with van der Waals surface area (Å²) in [7, 11) is 0. The number of hydrogen-bond donors (Lipinski definition) is 2. The Kier molecular flexibility index (Phi) is 4.98. The lowest BCUT2D eigenvalue weighted by atomic mass is 10.1. The van der Waals surface area contributed by atoms with Crippen LogP contribution in [0, 0.1) is 0 Å². The summed E-state index contributed by atoms with van der Waals surface area (Å²) in [4.78, 5) is 22.2. The average molecular weight is 276 g/mol. The fourth-order valence-electron chi connectivity index (χ4n) is 2.28. The molecule has 0 atom stereocenters. The summed E-state index contributed by atoms with van der Waals surface area (Å²) >= 11 is 0. The number of amides is 2.